The third-order valence-electron chi connectivity index (χ3n) is 5.88. The van der Waals surface area contributed by atoms with Crippen molar-refractivity contribution in [2.45, 2.75) is 88.1 Å². The molecule has 1 N–H and O–H groups in total. The first-order valence-electron chi connectivity index (χ1n) is 10.6. The second kappa shape index (κ2) is 8.57. The fourth-order valence-corrected chi connectivity index (χ4v) is 6.68. The number of amides is 1. The zero-order chi connectivity index (χ0) is 19.7. The third kappa shape index (κ3) is 3.75. The van der Waals surface area contributed by atoms with Crippen LogP contribution in [0.15, 0.2) is 9.95 Å². The van der Waals surface area contributed by atoms with Crippen LogP contribution in [0.1, 0.15) is 75.3 Å². The van der Waals surface area contributed by atoms with Crippen LogP contribution in [0.4, 0.5) is 0 Å². The Kier molecular flexibility index (Phi) is 6.11. The van der Waals surface area contributed by atoms with Gasteiger partial charge in [0.05, 0.1) is 10.6 Å². The van der Waals surface area contributed by atoms with E-state index in [4.69, 9.17) is 4.98 Å². The van der Waals surface area contributed by atoms with Gasteiger partial charge in [-0.3, -0.25) is 14.2 Å². The molecule has 28 heavy (non-hydrogen) atoms. The van der Waals surface area contributed by atoms with E-state index in [0.29, 0.717) is 6.54 Å². The maximum atomic E-state index is 13.6. The van der Waals surface area contributed by atoms with Crippen LogP contribution < -0.4 is 10.9 Å². The van der Waals surface area contributed by atoms with Crippen molar-refractivity contribution >= 4 is 39.2 Å². The molecule has 1 fully saturated rings. The largest absolute Gasteiger partial charge is 0.355 e. The second-order valence-corrected chi connectivity index (χ2v) is 10.3. The van der Waals surface area contributed by atoms with Gasteiger partial charge >= 0.3 is 0 Å². The van der Waals surface area contributed by atoms with Gasteiger partial charge in [-0.15, -0.1) is 11.3 Å². The van der Waals surface area contributed by atoms with Crippen molar-refractivity contribution in [3.05, 3.63) is 20.8 Å². The first kappa shape index (κ1) is 20.0. The molecule has 0 spiro atoms. The van der Waals surface area contributed by atoms with E-state index in [0.717, 1.165) is 66.7 Å². The zero-order valence-electron chi connectivity index (χ0n) is 16.8. The number of hydrogen-bond donors (Lipinski definition) is 1. The summed E-state index contributed by atoms with van der Waals surface area (Å²) in [5.74, 6) is 0.0182. The van der Waals surface area contributed by atoms with Crippen LogP contribution in [0, 0.1) is 0 Å². The molecule has 2 heterocycles. The van der Waals surface area contributed by atoms with E-state index in [1.165, 1.54) is 28.6 Å². The molecule has 0 bridgehead atoms. The molecule has 152 valence electrons. The van der Waals surface area contributed by atoms with Gasteiger partial charge in [0, 0.05) is 17.5 Å². The van der Waals surface area contributed by atoms with E-state index in [-0.39, 0.29) is 22.8 Å². The number of nitrogens with zero attached hydrogens (tertiary/aromatic N) is 2. The molecule has 1 unspecified atom stereocenters. The number of aromatic nitrogens is 2. The molecule has 0 aromatic carbocycles. The minimum atomic E-state index is -0.266. The lowest BCUT2D eigenvalue weighted by molar-refractivity contribution is -0.120. The summed E-state index contributed by atoms with van der Waals surface area (Å²) >= 11 is 3.13. The summed E-state index contributed by atoms with van der Waals surface area (Å²) in [6.07, 6.45) is 9.73. The highest BCUT2D eigenvalue weighted by Crippen LogP contribution is 2.38. The molecule has 0 aliphatic heterocycles. The Morgan fingerprint density at radius 3 is 2.79 bits per heavy atom. The van der Waals surface area contributed by atoms with Gasteiger partial charge in [0.2, 0.25) is 5.91 Å². The number of rotatable bonds is 6. The van der Waals surface area contributed by atoms with Crippen LogP contribution in [-0.4, -0.2) is 27.3 Å². The first-order chi connectivity index (χ1) is 13.6. The van der Waals surface area contributed by atoms with Crippen LogP contribution in [0.2, 0.25) is 0 Å². The number of hydrogen-bond acceptors (Lipinski definition) is 5. The van der Waals surface area contributed by atoms with Crippen LogP contribution in [0.5, 0.6) is 0 Å². The van der Waals surface area contributed by atoms with E-state index in [2.05, 4.69) is 5.32 Å². The van der Waals surface area contributed by atoms with Gasteiger partial charge in [0.25, 0.3) is 5.56 Å². The smallest absolute Gasteiger partial charge is 0.263 e. The summed E-state index contributed by atoms with van der Waals surface area (Å²) in [4.78, 5) is 33.2. The number of thiophene rings is 1. The van der Waals surface area contributed by atoms with Gasteiger partial charge in [0.1, 0.15) is 4.83 Å². The van der Waals surface area contributed by atoms with Gasteiger partial charge in [-0.25, -0.2) is 4.98 Å². The molecule has 2 aliphatic carbocycles. The maximum Gasteiger partial charge on any atom is 0.263 e. The Balaban J connectivity index is 1.76. The minimum Gasteiger partial charge on any atom is -0.355 e. The Morgan fingerprint density at radius 1 is 1.29 bits per heavy atom. The van der Waals surface area contributed by atoms with E-state index in [1.807, 2.05) is 18.4 Å². The molecule has 4 rings (SSSR count). The maximum absolute atomic E-state index is 13.6. The van der Waals surface area contributed by atoms with Crippen LogP contribution >= 0.6 is 23.1 Å². The molecule has 0 radical (unpaired) electrons. The SMILES string of the molecule is CCCNC(=O)C(C)Sc1nc2sc3c(c2c(=O)n1C1CCCC1)CCCC3. The highest BCUT2D eigenvalue weighted by atomic mass is 32.2. The molecular formula is C21H29N3O2S2. The lowest BCUT2D eigenvalue weighted by Gasteiger charge is -2.20. The molecule has 1 atom stereocenters. The van der Waals surface area contributed by atoms with E-state index in [9.17, 15) is 9.59 Å². The van der Waals surface area contributed by atoms with Crippen molar-refractivity contribution in [1.82, 2.24) is 14.9 Å². The van der Waals surface area contributed by atoms with E-state index in [1.54, 1.807) is 11.3 Å². The average molecular weight is 420 g/mol. The summed E-state index contributed by atoms with van der Waals surface area (Å²) in [6, 6.07) is 0.219. The Labute approximate surface area is 174 Å². The minimum absolute atomic E-state index is 0.0182. The molecule has 1 amide bonds. The fraction of sp³-hybridized carbons (Fsp3) is 0.667. The van der Waals surface area contributed by atoms with Crippen molar-refractivity contribution in [3.8, 4) is 0 Å². The second-order valence-electron chi connectivity index (χ2n) is 7.95. The van der Waals surface area contributed by atoms with Crippen molar-refractivity contribution < 1.29 is 4.79 Å². The molecular weight excluding hydrogens is 390 g/mol. The molecule has 5 nitrogen and oxygen atoms in total. The molecule has 1 saturated carbocycles. The zero-order valence-corrected chi connectivity index (χ0v) is 18.4. The van der Waals surface area contributed by atoms with Gasteiger partial charge in [-0.2, -0.15) is 0 Å². The van der Waals surface area contributed by atoms with Crippen molar-refractivity contribution in [3.63, 3.8) is 0 Å². The number of aryl methyl sites for hydroxylation is 2. The molecule has 2 aromatic rings. The Hall–Kier alpha value is -1.34. The summed E-state index contributed by atoms with van der Waals surface area (Å²) in [5, 5.41) is 4.28. The molecule has 0 saturated heterocycles. The normalized spacial score (nSPS) is 18.4. The number of nitrogens with one attached hydrogen (secondary N) is 1. The predicted octanol–water partition coefficient (Wildman–Crippen LogP) is 4.46. The van der Waals surface area contributed by atoms with Crippen molar-refractivity contribution in [2.24, 2.45) is 0 Å². The van der Waals surface area contributed by atoms with E-state index >= 15 is 0 Å². The van der Waals surface area contributed by atoms with Crippen LogP contribution in [0.25, 0.3) is 10.2 Å². The van der Waals surface area contributed by atoms with Crippen molar-refractivity contribution in [1.29, 1.82) is 0 Å². The number of carbonyl (C=O) groups is 1. The predicted molar refractivity (Wildman–Crippen MR) is 117 cm³/mol. The van der Waals surface area contributed by atoms with Crippen LogP contribution in [0.3, 0.4) is 0 Å². The summed E-state index contributed by atoms with van der Waals surface area (Å²) in [7, 11) is 0. The lowest BCUT2D eigenvalue weighted by Crippen LogP contribution is -2.33. The van der Waals surface area contributed by atoms with Crippen molar-refractivity contribution in [2.75, 3.05) is 6.54 Å². The number of fused-ring (bicyclic) bond motifs is 3. The summed E-state index contributed by atoms with van der Waals surface area (Å²) in [5.41, 5.74) is 1.38. The first-order valence-corrected chi connectivity index (χ1v) is 12.3. The molecule has 2 aliphatic rings. The fourth-order valence-electron chi connectivity index (χ4n) is 4.37. The third-order valence-corrected chi connectivity index (χ3v) is 8.13. The topological polar surface area (TPSA) is 64.0 Å². The average Bonchev–Trinajstić information content (AvgIpc) is 3.33. The summed E-state index contributed by atoms with van der Waals surface area (Å²) in [6.45, 7) is 4.64. The molecule has 2 aromatic heterocycles. The standard InChI is InChI=1S/C21H29N3O2S2/c1-3-12-22-18(25)13(2)27-21-23-19-17(15-10-6-7-11-16(15)28-19)20(26)24(21)14-8-4-5-9-14/h13-14H,3-12H2,1-2H3,(H,22,25). The van der Waals surface area contributed by atoms with Gasteiger partial charge < -0.3 is 5.32 Å². The molecule has 7 heteroatoms. The Morgan fingerprint density at radius 2 is 2.04 bits per heavy atom. The lowest BCUT2D eigenvalue weighted by atomic mass is 9.97. The highest BCUT2D eigenvalue weighted by Gasteiger charge is 2.28. The van der Waals surface area contributed by atoms with Gasteiger partial charge in [-0.05, 0) is 57.4 Å². The van der Waals surface area contributed by atoms with Gasteiger partial charge in [0.15, 0.2) is 5.16 Å². The summed E-state index contributed by atoms with van der Waals surface area (Å²) < 4.78 is 1.94. The van der Waals surface area contributed by atoms with Crippen LogP contribution in [-0.2, 0) is 17.6 Å². The number of carbonyl (C=O) groups excluding carboxylic acids is 1. The van der Waals surface area contributed by atoms with Gasteiger partial charge in [-0.1, -0.05) is 31.5 Å². The Bertz CT molecular complexity index is 928. The monoisotopic (exact) mass is 419 g/mol. The number of thioether (sulfide) groups is 1. The highest BCUT2D eigenvalue weighted by molar-refractivity contribution is 8.00. The quantitative estimate of drug-likeness (QED) is 0.555. The van der Waals surface area contributed by atoms with E-state index < -0.39 is 0 Å².